The van der Waals surface area contributed by atoms with E-state index in [1.165, 1.54) is 86.5 Å². The molecule has 9 aromatic heterocycles. The van der Waals surface area contributed by atoms with Crippen LogP contribution in [0.4, 0.5) is 0 Å². The summed E-state index contributed by atoms with van der Waals surface area (Å²) >= 11 is 1.85. The summed E-state index contributed by atoms with van der Waals surface area (Å²) in [5.74, 6) is 2.12. The zero-order chi connectivity index (χ0) is 84.5. The molecule has 598 valence electrons. The average Bonchev–Trinajstić information content (AvgIpc) is 1.57. The van der Waals surface area contributed by atoms with Crippen LogP contribution in [-0.4, -0.2) is 49.4 Å². The minimum Gasteiger partial charge on any atom is -0.455 e. The van der Waals surface area contributed by atoms with Gasteiger partial charge in [-0.15, -0.1) is 11.3 Å². The predicted molar refractivity (Wildman–Crippen MR) is 516 cm³/mol. The van der Waals surface area contributed by atoms with Gasteiger partial charge in [0.05, 0.1) is 56.6 Å². The Balaban J connectivity index is 0.000000109. The first-order valence-corrected chi connectivity index (χ1v) is 43.6. The van der Waals surface area contributed by atoms with Crippen LogP contribution in [0.1, 0.15) is 74.9 Å². The Bertz CT molecular complexity index is 7790. The third kappa shape index (κ3) is 12.4. The first-order chi connectivity index (χ1) is 61.8. The van der Waals surface area contributed by atoms with Gasteiger partial charge in [-0.05, 0) is 124 Å². The van der Waals surface area contributed by atoms with E-state index in [1.54, 1.807) is 0 Å². The second-order valence-corrected chi connectivity index (χ2v) is 35.3. The summed E-state index contributed by atoms with van der Waals surface area (Å²) in [4.78, 5) is 45.4. The molecule has 9 heterocycles. The normalized spacial score (nSPS) is 13.3. The molecule has 0 saturated carbocycles. The molecule has 3 aliphatic carbocycles. The Morgan fingerprint density at radius 3 is 1.25 bits per heavy atom. The predicted octanol–water partition coefficient (Wildman–Crippen LogP) is 28.9. The number of nitrogens with zero attached hydrogens (tertiary/aromatic N) is 10. The Kier molecular flexibility index (Phi) is 17.9. The van der Waals surface area contributed by atoms with Gasteiger partial charge in [0, 0.05) is 155 Å². The number of hydrogen-bond donors (Lipinski definition) is 0. The molecule has 0 fully saturated rings. The van der Waals surface area contributed by atoms with Gasteiger partial charge in [0.15, 0.2) is 17.5 Å². The van der Waals surface area contributed by atoms with Crippen molar-refractivity contribution >= 4 is 75.3 Å². The van der Waals surface area contributed by atoms with Gasteiger partial charge in [-0.1, -0.05) is 308 Å². The van der Waals surface area contributed by atoms with Gasteiger partial charge in [0.1, 0.15) is 11.2 Å². The van der Waals surface area contributed by atoms with Gasteiger partial charge < -0.3 is 8.98 Å². The maximum absolute atomic E-state index is 6.34. The van der Waals surface area contributed by atoms with E-state index >= 15 is 0 Å². The third-order valence-electron chi connectivity index (χ3n) is 25.7. The van der Waals surface area contributed by atoms with Crippen molar-refractivity contribution in [2.24, 2.45) is 0 Å². The lowest BCUT2D eigenvalue weighted by Gasteiger charge is -2.24. The standard InChI is InChI=1S/C42H30N4.C36H25N3O.C36H25N3S/c1-42(2)35-20-6-3-19-34(35)40-38(42)39(28-13-9-12-27(24-28)30-15-11-23-43-26-30)44-41(45-40)29-14-10-16-31(25-29)46-36-21-7-4-17-32(36)33-18-5-8-22-37(33)46;2*1-36(2)28-17-5-3-14-27(28)32-31(36)33(29-18-7-8-20-37-29)39-35(38-32)23-12-9-11-22(21-23)24-15-10-16-26-25-13-4-6-19-30(25)40-34(24)26/h3-26H,1-2H3;2*3-21H,1-2H3. The van der Waals surface area contributed by atoms with E-state index in [-0.39, 0.29) is 16.2 Å². The molecule has 0 radical (unpaired) electrons. The monoisotopic (exact) mass is 1640 g/mol. The van der Waals surface area contributed by atoms with Crippen LogP contribution in [0, 0.1) is 0 Å². The molecule has 0 aliphatic heterocycles. The van der Waals surface area contributed by atoms with Crippen LogP contribution in [0.15, 0.2) is 381 Å². The Labute approximate surface area is 732 Å². The SMILES string of the molecule is CC1(C)c2ccccc2-c2nc(-c3cccc(-c4cccc5c4oc4ccccc45)c3)nc(-c3ccccn3)c21.CC1(C)c2ccccc2-c2nc(-c3cccc(-c4cccc5c4sc4ccccc45)c3)nc(-c3ccccn3)c21.CC1(C)c2ccccc2-c2nc(-c3cccc(-n4c5ccccc5c5ccccc54)c3)nc(-c3cccc(-c4cccnc4)c3)c21. The quantitative estimate of drug-likeness (QED) is 0.130. The van der Waals surface area contributed by atoms with Crippen LogP contribution < -0.4 is 0 Å². The number of benzene rings is 13. The molecule has 0 amide bonds. The molecule has 12 heteroatoms. The largest absolute Gasteiger partial charge is 0.455 e. The van der Waals surface area contributed by atoms with Crippen LogP contribution in [0.5, 0.6) is 0 Å². The van der Waals surface area contributed by atoms with Crippen molar-refractivity contribution in [3.8, 4) is 141 Å². The Morgan fingerprint density at radius 1 is 0.278 bits per heavy atom. The molecular formula is C114H80N10OS. The third-order valence-corrected chi connectivity index (χ3v) is 26.9. The molecule has 13 aromatic carbocycles. The maximum atomic E-state index is 6.34. The number of hydrogen-bond acceptors (Lipinski definition) is 11. The number of pyridine rings is 3. The lowest BCUT2D eigenvalue weighted by molar-refractivity contribution is 0.657. The highest BCUT2D eigenvalue weighted by atomic mass is 32.1. The van der Waals surface area contributed by atoms with Gasteiger partial charge >= 0.3 is 0 Å². The minimum atomic E-state index is -0.255. The van der Waals surface area contributed by atoms with E-state index in [9.17, 15) is 0 Å². The van der Waals surface area contributed by atoms with Gasteiger partial charge in [-0.3, -0.25) is 15.0 Å². The van der Waals surface area contributed by atoms with Crippen LogP contribution >= 0.6 is 11.3 Å². The van der Waals surface area contributed by atoms with E-state index < -0.39 is 0 Å². The molecule has 25 rings (SSSR count). The highest BCUT2D eigenvalue weighted by molar-refractivity contribution is 7.26. The summed E-state index contributed by atoms with van der Waals surface area (Å²) in [6, 6.07) is 123. The summed E-state index contributed by atoms with van der Waals surface area (Å²) < 4.78 is 11.3. The molecule has 3 aliphatic rings. The number of furan rings is 1. The molecule has 0 unspecified atom stereocenters. The molecule has 0 spiro atoms. The number of thiophene rings is 1. The second kappa shape index (κ2) is 29.9. The molecule has 126 heavy (non-hydrogen) atoms. The molecule has 0 atom stereocenters. The fraction of sp³-hybridized carbons (Fsp3) is 0.0789. The van der Waals surface area contributed by atoms with Crippen LogP contribution in [0.25, 0.3) is 205 Å². The highest BCUT2D eigenvalue weighted by Gasteiger charge is 2.44. The number of para-hydroxylation sites is 4. The average molecular weight is 1640 g/mol. The maximum Gasteiger partial charge on any atom is 0.160 e. The summed E-state index contributed by atoms with van der Waals surface area (Å²) in [5.41, 5.74) is 33.4. The van der Waals surface area contributed by atoms with Crippen molar-refractivity contribution in [3.05, 3.63) is 410 Å². The van der Waals surface area contributed by atoms with Crippen molar-refractivity contribution in [3.63, 3.8) is 0 Å². The van der Waals surface area contributed by atoms with Crippen LogP contribution in [0.3, 0.4) is 0 Å². The van der Waals surface area contributed by atoms with E-state index in [0.29, 0.717) is 5.82 Å². The first-order valence-electron chi connectivity index (χ1n) is 42.8. The van der Waals surface area contributed by atoms with Crippen molar-refractivity contribution in [2.75, 3.05) is 0 Å². The Morgan fingerprint density at radius 2 is 0.683 bits per heavy atom. The van der Waals surface area contributed by atoms with Crippen molar-refractivity contribution in [1.29, 1.82) is 0 Å². The molecule has 0 bridgehead atoms. The molecule has 22 aromatic rings. The topological polar surface area (TPSA) is 134 Å². The van der Waals surface area contributed by atoms with Crippen LogP contribution in [0.2, 0.25) is 0 Å². The van der Waals surface area contributed by atoms with Gasteiger partial charge in [0.2, 0.25) is 0 Å². The number of rotatable bonds is 10. The van der Waals surface area contributed by atoms with Crippen molar-refractivity contribution in [2.45, 2.75) is 57.8 Å². The van der Waals surface area contributed by atoms with Gasteiger partial charge in [-0.2, -0.15) is 0 Å². The molecule has 0 saturated heterocycles. The number of aromatic nitrogens is 10. The Hall–Kier alpha value is -15.6. The highest BCUT2D eigenvalue weighted by Crippen LogP contribution is 2.56. The van der Waals surface area contributed by atoms with E-state index in [2.05, 4.69) is 342 Å². The summed E-state index contributed by atoms with van der Waals surface area (Å²) in [6.07, 6.45) is 7.39. The lowest BCUT2D eigenvalue weighted by Crippen LogP contribution is -2.17. The van der Waals surface area contributed by atoms with Crippen molar-refractivity contribution < 1.29 is 4.42 Å². The summed E-state index contributed by atoms with van der Waals surface area (Å²) in [7, 11) is 0. The molecule has 11 nitrogen and oxygen atoms in total. The fourth-order valence-corrected chi connectivity index (χ4v) is 21.0. The van der Waals surface area contributed by atoms with E-state index in [4.69, 9.17) is 44.3 Å². The minimum absolute atomic E-state index is 0.226. The second-order valence-electron chi connectivity index (χ2n) is 34.3. The van der Waals surface area contributed by atoms with Crippen molar-refractivity contribution in [1.82, 2.24) is 49.4 Å². The number of fused-ring (bicyclic) bond motifs is 18. The van der Waals surface area contributed by atoms with Crippen LogP contribution in [-0.2, 0) is 16.2 Å². The fourth-order valence-electron chi connectivity index (χ4n) is 19.8. The smallest absolute Gasteiger partial charge is 0.160 e. The first kappa shape index (κ1) is 75.3. The molecular weight excluding hydrogens is 1560 g/mol. The summed E-state index contributed by atoms with van der Waals surface area (Å²) in [6.45, 7) is 13.6. The van der Waals surface area contributed by atoms with E-state index in [0.717, 1.165) is 146 Å². The van der Waals surface area contributed by atoms with E-state index in [1.807, 2.05) is 96.8 Å². The van der Waals surface area contributed by atoms with Gasteiger partial charge in [0.25, 0.3) is 0 Å². The van der Waals surface area contributed by atoms with Gasteiger partial charge in [-0.25, -0.2) is 29.9 Å². The summed E-state index contributed by atoms with van der Waals surface area (Å²) in [5, 5.41) is 7.33. The molecule has 0 N–H and O–H groups in total. The zero-order valence-corrected chi connectivity index (χ0v) is 70.9. The zero-order valence-electron chi connectivity index (χ0n) is 70.1. The lowest BCUT2D eigenvalue weighted by atomic mass is 9.80.